The Balaban J connectivity index is 2.15. The molecule has 0 amide bonds. The first-order chi connectivity index (χ1) is 9.42. The lowest BCUT2D eigenvalue weighted by atomic mass is 9.84. The van der Waals surface area contributed by atoms with Crippen LogP contribution in [0.1, 0.15) is 19.4 Å². The van der Waals surface area contributed by atoms with Crippen molar-refractivity contribution in [3.8, 4) is 0 Å². The van der Waals surface area contributed by atoms with Crippen LogP contribution in [0.25, 0.3) is 0 Å². The highest BCUT2D eigenvalue weighted by Crippen LogP contribution is 2.25. The molecule has 1 nitrogen and oxygen atoms in total. The predicted molar refractivity (Wildman–Crippen MR) is 74.3 cm³/mol. The van der Waals surface area contributed by atoms with Gasteiger partial charge in [-0.2, -0.15) is 0 Å². The van der Waals surface area contributed by atoms with E-state index < -0.39 is 17.5 Å². The molecule has 2 aromatic carbocycles. The molecular formula is C16H16F3N. The molecule has 0 aliphatic rings. The maximum Gasteiger partial charge on any atom is 0.196 e. The van der Waals surface area contributed by atoms with Crippen LogP contribution in [0.3, 0.4) is 0 Å². The van der Waals surface area contributed by atoms with Gasteiger partial charge in [-0.1, -0.05) is 44.2 Å². The monoisotopic (exact) mass is 279 g/mol. The van der Waals surface area contributed by atoms with Gasteiger partial charge < -0.3 is 5.32 Å². The molecule has 0 unspecified atom stereocenters. The summed E-state index contributed by atoms with van der Waals surface area (Å²) in [7, 11) is 0. The maximum atomic E-state index is 13.6. The Morgan fingerprint density at radius 2 is 1.55 bits per heavy atom. The van der Waals surface area contributed by atoms with Crippen LogP contribution < -0.4 is 5.32 Å². The van der Waals surface area contributed by atoms with Crippen molar-refractivity contribution in [2.45, 2.75) is 19.3 Å². The Hall–Kier alpha value is -1.97. The summed E-state index contributed by atoms with van der Waals surface area (Å²) >= 11 is 0. The molecule has 0 spiro atoms. The number of benzene rings is 2. The topological polar surface area (TPSA) is 12.0 Å². The van der Waals surface area contributed by atoms with E-state index in [9.17, 15) is 13.2 Å². The summed E-state index contributed by atoms with van der Waals surface area (Å²) in [6, 6.07) is 11.8. The third-order valence-electron chi connectivity index (χ3n) is 3.31. The minimum absolute atomic E-state index is 0.0343. The number of hydrogen-bond acceptors (Lipinski definition) is 1. The lowest BCUT2D eigenvalue weighted by Crippen LogP contribution is -2.28. The van der Waals surface area contributed by atoms with Crippen molar-refractivity contribution in [1.82, 2.24) is 0 Å². The van der Waals surface area contributed by atoms with Crippen molar-refractivity contribution in [3.05, 3.63) is 65.5 Å². The average molecular weight is 279 g/mol. The van der Waals surface area contributed by atoms with Crippen LogP contribution in [-0.4, -0.2) is 6.54 Å². The Morgan fingerprint density at radius 3 is 2.20 bits per heavy atom. The molecule has 0 saturated carbocycles. The summed E-state index contributed by atoms with van der Waals surface area (Å²) in [6.45, 7) is 4.39. The van der Waals surface area contributed by atoms with Crippen LogP contribution in [0.4, 0.5) is 18.9 Å². The van der Waals surface area contributed by atoms with E-state index in [2.05, 4.69) is 5.32 Å². The van der Waals surface area contributed by atoms with Gasteiger partial charge in [0, 0.05) is 12.0 Å². The van der Waals surface area contributed by atoms with Gasteiger partial charge in [0.05, 0.1) is 5.69 Å². The Morgan fingerprint density at radius 1 is 0.900 bits per heavy atom. The van der Waals surface area contributed by atoms with Crippen molar-refractivity contribution in [3.63, 3.8) is 0 Å². The first kappa shape index (κ1) is 14.4. The van der Waals surface area contributed by atoms with Crippen molar-refractivity contribution in [1.29, 1.82) is 0 Å². The second-order valence-corrected chi connectivity index (χ2v) is 5.33. The molecule has 0 bridgehead atoms. The second-order valence-electron chi connectivity index (χ2n) is 5.33. The molecule has 20 heavy (non-hydrogen) atoms. The Labute approximate surface area is 116 Å². The number of nitrogens with one attached hydrogen (secondary N) is 1. The second kappa shape index (κ2) is 5.57. The van der Waals surface area contributed by atoms with Gasteiger partial charge >= 0.3 is 0 Å². The first-order valence-corrected chi connectivity index (χ1v) is 6.35. The molecule has 0 aliphatic heterocycles. The van der Waals surface area contributed by atoms with E-state index in [0.717, 1.165) is 11.6 Å². The van der Waals surface area contributed by atoms with Gasteiger partial charge in [-0.15, -0.1) is 0 Å². The van der Waals surface area contributed by atoms with Crippen LogP contribution in [0.15, 0.2) is 42.5 Å². The molecule has 0 radical (unpaired) electrons. The summed E-state index contributed by atoms with van der Waals surface area (Å²) < 4.78 is 39.6. The first-order valence-electron chi connectivity index (χ1n) is 6.35. The number of hydrogen-bond donors (Lipinski definition) is 1. The molecule has 0 fully saturated rings. The summed E-state index contributed by atoms with van der Waals surface area (Å²) in [5.41, 5.74) is 0.779. The van der Waals surface area contributed by atoms with Gasteiger partial charge in [0.2, 0.25) is 0 Å². The van der Waals surface area contributed by atoms with Crippen LogP contribution >= 0.6 is 0 Å². The Kier molecular flexibility index (Phi) is 4.02. The van der Waals surface area contributed by atoms with Crippen molar-refractivity contribution < 1.29 is 13.2 Å². The summed E-state index contributed by atoms with van der Waals surface area (Å²) in [5, 5.41) is 2.84. The molecule has 106 valence electrons. The van der Waals surface area contributed by atoms with Crippen molar-refractivity contribution in [2.24, 2.45) is 0 Å². The quantitative estimate of drug-likeness (QED) is 0.813. The van der Waals surface area contributed by atoms with E-state index in [1.807, 2.05) is 44.2 Å². The van der Waals surface area contributed by atoms with E-state index in [-0.39, 0.29) is 11.1 Å². The van der Waals surface area contributed by atoms with Crippen molar-refractivity contribution in [2.75, 3.05) is 11.9 Å². The van der Waals surface area contributed by atoms with Crippen LogP contribution in [-0.2, 0) is 5.41 Å². The number of halogens is 3. The molecule has 0 atom stereocenters. The third-order valence-corrected chi connectivity index (χ3v) is 3.31. The standard InChI is InChI=1S/C16H16F3N/c1-16(2,11-6-4-3-5-7-11)10-20-13-9-8-12(17)14(18)15(13)19/h3-9,20H,10H2,1-2H3. The highest BCUT2D eigenvalue weighted by molar-refractivity contribution is 5.46. The molecule has 1 N–H and O–H groups in total. The Bertz CT molecular complexity index is 594. The fourth-order valence-corrected chi connectivity index (χ4v) is 1.97. The van der Waals surface area contributed by atoms with Crippen LogP contribution in [0.5, 0.6) is 0 Å². The smallest absolute Gasteiger partial charge is 0.196 e. The molecule has 2 rings (SSSR count). The number of anilines is 1. The van der Waals surface area contributed by atoms with E-state index >= 15 is 0 Å². The lowest BCUT2D eigenvalue weighted by molar-refractivity contribution is 0.448. The average Bonchev–Trinajstić information content (AvgIpc) is 2.45. The zero-order chi connectivity index (χ0) is 14.8. The molecule has 0 aromatic heterocycles. The molecule has 0 aliphatic carbocycles. The largest absolute Gasteiger partial charge is 0.382 e. The normalized spacial score (nSPS) is 11.4. The fourth-order valence-electron chi connectivity index (χ4n) is 1.97. The lowest BCUT2D eigenvalue weighted by Gasteiger charge is -2.26. The minimum atomic E-state index is -1.45. The van der Waals surface area contributed by atoms with Crippen LogP contribution in [0, 0.1) is 17.5 Å². The van der Waals surface area contributed by atoms with Gasteiger partial charge in [-0.25, -0.2) is 13.2 Å². The van der Waals surface area contributed by atoms with E-state index in [4.69, 9.17) is 0 Å². The van der Waals surface area contributed by atoms with Crippen molar-refractivity contribution >= 4 is 5.69 Å². The zero-order valence-electron chi connectivity index (χ0n) is 11.4. The van der Waals surface area contributed by atoms with Gasteiger partial charge in [0.25, 0.3) is 0 Å². The van der Waals surface area contributed by atoms with E-state index in [1.54, 1.807) is 0 Å². The van der Waals surface area contributed by atoms with Gasteiger partial charge in [-0.3, -0.25) is 0 Å². The van der Waals surface area contributed by atoms with E-state index in [1.165, 1.54) is 6.07 Å². The maximum absolute atomic E-state index is 13.6. The van der Waals surface area contributed by atoms with Crippen LogP contribution in [0.2, 0.25) is 0 Å². The third kappa shape index (κ3) is 2.95. The molecular weight excluding hydrogens is 263 g/mol. The van der Waals surface area contributed by atoms with E-state index in [0.29, 0.717) is 6.54 Å². The summed E-state index contributed by atoms with van der Waals surface area (Å²) in [4.78, 5) is 0. The predicted octanol–water partition coefficient (Wildman–Crippen LogP) is 4.49. The van der Waals surface area contributed by atoms with Gasteiger partial charge in [0.15, 0.2) is 17.5 Å². The summed E-state index contributed by atoms with van der Waals surface area (Å²) in [6.07, 6.45) is 0. The minimum Gasteiger partial charge on any atom is -0.382 e. The fraction of sp³-hybridized carbons (Fsp3) is 0.250. The van der Waals surface area contributed by atoms with Gasteiger partial charge in [0.1, 0.15) is 0 Å². The molecule has 2 aromatic rings. The SMILES string of the molecule is CC(C)(CNc1ccc(F)c(F)c1F)c1ccccc1. The highest BCUT2D eigenvalue weighted by atomic mass is 19.2. The molecule has 0 heterocycles. The number of rotatable bonds is 4. The highest BCUT2D eigenvalue weighted by Gasteiger charge is 2.21. The van der Waals surface area contributed by atoms with Gasteiger partial charge in [-0.05, 0) is 17.7 Å². The molecule has 4 heteroatoms. The zero-order valence-corrected chi connectivity index (χ0v) is 11.4. The molecule has 0 saturated heterocycles. The summed E-state index contributed by atoms with van der Waals surface area (Å²) in [5.74, 6) is -3.82.